The van der Waals surface area contributed by atoms with Crippen molar-refractivity contribution in [3.63, 3.8) is 0 Å². The van der Waals surface area contributed by atoms with Gasteiger partial charge in [-0.1, -0.05) is 0 Å². The lowest BCUT2D eigenvalue weighted by Gasteiger charge is -2.08. The Balaban J connectivity index is 3.62. The third-order valence-corrected chi connectivity index (χ3v) is 5.66. The van der Waals surface area contributed by atoms with Crippen molar-refractivity contribution in [1.82, 2.24) is 4.98 Å². The predicted octanol–water partition coefficient (Wildman–Crippen LogP) is 3.16. The number of hydrogen-bond acceptors (Lipinski definition) is 3. The number of hydrogen-bond donors (Lipinski definition) is 0. The lowest BCUT2D eigenvalue weighted by molar-refractivity contribution is 0.146. The standard InChI is InChI=1S/C6H2ClF2I2NO2S/c7-15(13,14)6-3(5(8)9)4(11)2(10)1-12-6/h1,5H. The molecule has 0 aliphatic carbocycles. The van der Waals surface area contributed by atoms with E-state index >= 15 is 0 Å². The minimum atomic E-state index is -4.24. The van der Waals surface area contributed by atoms with E-state index in [1.807, 2.05) is 0 Å². The molecule has 0 saturated heterocycles. The maximum absolute atomic E-state index is 12.6. The van der Waals surface area contributed by atoms with Crippen LogP contribution < -0.4 is 0 Å². The van der Waals surface area contributed by atoms with Crippen molar-refractivity contribution >= 4 is 64.9 Å². The minimum Gasteiger partial charge on any atom is -0.242 e. The van der Waals surface area contributed by atoms with E-state index in [0.717, 1.165) is 0 Å². The quantitative estimate of drug-likeness (QED) is 0.484. The van der Waals surface area contributed by atoms with Crippen molar-refractivity contribution in [3.8, 4) is 0 Å². The first-order chi connectivity index (χ1) is 6.75. The molecule has 0 radical (unpaired) electrons. The summed E-state index contributed by atoms with van der Waals surface area (Å²) in [6.07, 6.45) is -1.74. The van der Waals surface area contributed by atoms with Gasteiger partial charge >= 0.3 is 0 Å². The molecular formula is C6H2ClF2I2NO2S. The van der Waals surface area contributed by atoms with Crippen LogP contribution in [0.5, 0.6) is 0 Å². The number of rotatable bonds is 2. The van der Waals surface area contributed by atoms with Gasteiger partial charge in [0.15, 0.2) is 5.03 Å². The fourth-order valence-corrected chi connectivity index (χ4v) is 3.09. The summed E-state index contributed by atoms with van der Waals surface area (Å²) in [4.78, 5) is 3.42. The lowest BCUT2D eigenvalue weighted by atomic mass is 10.3. The van der Waals surface area contributed by atoms with E-state index in [4.69, 9.17) is 10.7 Å². The van der Waals surface area contributed by atoms with Crippen LogP contribution in [0.1, 0.15) is 12.0 Å². The van der Waals surface area contributed by atoms with Gasteiger partial charge in [-0.15, -0.1) is 0 Å². The fraction of sp³-hybridized carbons (Fsp3) is 0.167. The average molecular weight is 479 g/mol. The molecule has 0 N–H and O–H groups in total. The van der Waals surface area contributed by atoms with Gasteiger partial charge < -0.3 is 0 Å². The van der Waals surface area contributed by atoms with Gasteiger partial charge in [-0.3, -0.25) is 0 Å². The fourth-order valence-electron chi connectivity index (χ4n) is 0.847. The molecule has 9 heteroatoms. The van der Waals surface area contributed by atoms with Crippen molar-refractivity contribution < 1.29 is 17.2 Å². The molecule has 0 atom stereocenters. The highest BCUT2D eigenvalue weighted by molar-refractivity contribution is 14.1. The zero-order chi connectivity index (χ0) is 11.8. The first-order valence-corrected chi connectivity index (χ1v) is 7.78. The number of halogens is 5. The molecule has 84 valence electrons. The molecule has 1 rings (SSSR count). The van der Waals surface area contributed by atoms with Crippen LogP contribution in [0.2, 0.25) is 0 Å². The molecule has 0 saturated carbocycles. The van der Waals surface area contributed by atoms with E-state index in [1.165, 1.54) is 6.20 Å². The Morgan fingerprint density at radius 1 is 1.40 bits per heavy atom. The van der Waals surface area contributed by atoms with Crippen LogP contribution in [0.25, 0.3) is 0 Å². The topological polar surface area (TPSA) is 47.0 Å². The van der Waals surface area contributed by atoms with Crippen LogP contribution in [-0.2, 0) is 9.05 Å². The summed E-state index contributed by atoms with van der Waals surface area (Å²) in [5.74, 6) is 0. The Bertz CT molecular complexity index is 494. The third-order valence-electron chi connectivity index (χ3n) is 1.42. The van der Waals surface area contributed by atoms with E-state index in [-0.39, 0.29) is 3.57 Å². The smallest absolute Gasteiger partial charge is 0.242 e. The molecule has 0 aromatic carbocycles. The van der Waals surface area contributed by atoms with Crippen molar-refractivity contribution in [2.75, 3.05) is 0 Å². The van der Waals surface area contributed by atoms with Crippen LogP contribution in [0.4, 0.5) is 8.78 Å². The van der Waals surface area contributed by atoms with Crippen LogP contribution in [0, 0.1) is 7.14 Å². The number of alkyl halides is 2. The second-order valence-electron chi connectivity index (χ2n) is 2.38. The predicted molar refractivity (Wildman–Crippen MR) is 67.7 cm³/mol. The average Bonchev–Trinajstić information content (AvgIpc) is 2.06. The van der Waals surface area contributed by atoms with Crippen molar-refractivity contribution in [1.29, 1.82) is 0 Å². The van der Waals surface area contributed by atoms with Gasteiger partial charge in [0.2, 0.25) is 0 Å². The van der Waals surface area contributed by atoms with Gasteiger partial charge in [0.1, 0.15) is 0 Å². The highest BCUT2D eigenvalue weighted by Crippen LogP contribution is 2.33. The second-order valence-corrected chi connectivity index (χ2v) is 7.10. The van der Waals surface area contributed by atoms with Crippen LogP contribution in [0.15, 0.2) is 11.2 Å². The maximum atomic E-state index is 12.6. The van der Waals surface area contributed by atoms with Gasteiger partial charge in [0.25, 0.3) is 15.5 Å². The van der Waals surface area contributed by atoms with Gasteiger partial charge in [-0.25, -0.2) is 22.2 Å². The van der Waals surface area contributed by atoms with Crippen LogP contribution >= 0.6 is 55.9 Å². The Morgan fingerprint density at radius 3 is 2.33 bits per heavy atom. The van der Waals surface area contributed by atoms with Gasteiger partial charge in [-0.2, -0.15) is 0 Å². The molecule has 3 nitrogen and oxygen atoms in total. The van der Waals surface area contributed by atoms with Crippen molar-refractivity contribution in [2.24, 2.45) is 0 Å². The molecule has 0 spiro atoms. The molecule has 0 aliphatic heterocycles. The highest BCUT2D eigenvalue weighted by atomic mass is 127. The zero-order valence-electron chi connectivity index (χ0n) is 6.72. The third kappa shape index (κ3) is 3.09. The molecule has 0 bridgehead atoms. The van der Waals surface area contributed by atoms with Gasteiger partial charge in [0, 0.05) is 24.0 Å². The van der Waals surface area contributed by atoms with Crippen LogP contribution in [0.3, 0.4) is 0 Å². The summed E-state index contributed by atoms with van der Waals surface area (Å²) in [6, 6.07) is 0. The summed E-state index contributed by atoms with van der Waals surface area (Å²) >= 11 is 3.42. The van der Waals surface area contributed by atoms with Gasteiger partial charge in [-0.05, 0) is 45.2 Å². The molecule has 15 heavy (non-hydrogen) atoms. The number of aromatic nitrogens is 1. The maximum Gasteiger partial charge on any atom is 0.279 e. The van der Waals surface area contributed by atoms with E-state index in [9.17, 15) is 17.2 Å². The summed E-state index contributed by atoms with van der Waals surface area (Å²) in [5.41, 5.74) is -0.641. The molecular weight excluding hydrogens is 477 g/mol. The zero-order valence-corrected chi connectivity index (χ0v) is 12.6. The summed E-state index contributed by atoms with van der Waals surface area (Å²) in [6.45, 7) is 0. The highest BCUT2D eigenvalue weighted by Gasteiger charge is 2.27. The Labute approximate surface area is 116 Å². The van der Waals surface area contributed by atoms with Crippen molar-refractivity contribution in [2.45, 2.75) is 11.5 Å². The molecule has 0 amide bonds. The Morgan fingerprint density at radius 2 is 1.93 bits per heavy atom. The van der Waals surface area contributed by atoms with E-state index in [2.05, 4.69) is 4.98 Å². The molecule has 0 unspecified atom stereocenters. The molecule has 1 heterocycles. The monoisotopic (exact) mass is 479 g/mol. The first-order valence-electron chi connectivity index (χ1n) is 3.32. The minimum absolute atomic E-state index is 0.150. The molecule has 1 aromatic rings. The number of nitrogens with zero attached hydrogens (tertiary/aromatic N) is 1. The number of pyridine rings is 1. The normalized spacial score (nSPS) is 12.1. The van der Waals surface area contributed by atoms with E-state index in [1.54, 1.807) is 45.2 Å². The summed E-state index contributed by atoms with van der Waals surface area (Å²) < 4.78 is 47.8. The van der Waals surface area contributed by atoms with Gasteiger partial charge in [0.05, 0.1) is 5.56 Å². The summed E-state index contributed by atoms with van der Waals surface area (Å²) in [5, 5.41) is -0.774. The summed E-state index contributed by atoms with van der Waals surface area (Å²) in [7, 11) is 0.758. The Hall–Kier alpha value is 0.710. The molecule has 0 aliphatic rings. The van der Waals surface area contributed by atoms with Crippen molar-refractivity contribution in [3.05, 3.63) is 18.9 Å². The van der Waals surface area contributed by atoms with E-state index in [0.29, 0.717) is 3.57 Å². The van der Waals surface area contributed by atoms with E-state index < -0.39 is 26.1 Å². The van der Waals surface area contributed by atoms with Crippen LogP contribution in [-0.4, -0.2) is 13.4 Å². The largest absolute Gasteiger partial charge is 0.279 e. The SMILES string of the molecule is O=S(=O)(Cl)c1ncc(I)c(I)c1C(F)F. The molecule has 1 aromatic heterocycles. The lowest BCUT2D eigenvalue weighted by Crippen LogP contribution is -2.06. The second kappa shape index (κ2) is 4.92. The molecule has 0 fully saturated rings. The Kier molecular flexibility index (Phi) is 4.52. The first kappa shape index (κ1) is 13.8.